The zero-order valence-corrected chi connectivity index (χ0v) is 14.5. The minimum Gasteiger partial charge on any atom is -0.349 e. The Morgan fingerprint density at radius 3 is 2.65 bits per heavy atom. The number of carbonyl (C=O) groups is 1. The number of carbonyl (C=O) groups excluding carboxylic acids is 1. The first-order valence-corrected chi connectivity index (χ1v) is 9.92. The third kappa shape index (κ3) is 5.32. The minimum absolute atomic E-state index is 0.146. The number of hydrogen-bond acceptors (Lipinski definition) is 3. The van der Waals surface area contributed by atoms with Crippen molar-refractivity contribution >= 4 is 15.9 Å². The Hall–Kier alpha value is -1.40. The van der Waals surface area contributed by atoms with Gasteiger partial charge in [0.05, 0.1) is 4.90 Å². The minimum atomic E-state index is -3.55. The van der Waals surface area contributed by atoms with Crippen LogP contribution in [0.25, 0.3) is 0 Å². The van der Waals surface area contributed by atoms with Crippen LogP contribution >= 0.6 is 0 Å². The number of unbranched alkanes of at least 4 members (excludes halogenated alkanes) is 2. The van der Waals surface area contributed by atoms with Crippen molar-refractivity contribution in [2.45, 2.75) is 62.8 Å². The molecule has 1 fully saturated rings. The van der Waals surface area contributed by atoms with Crippen molar-refractivity contribution in [1.29, 1.82) is 0 Å². The van der Waals surface area contributed by atoms with Gasteiger partial charge in [-0.3, -0.25) is 4.79 Å². The molecule has 0 spiro atoms. The molecule has 1 aliphatic carbocycles. The summed E-state index contributed by atoms with van der Waals surface area (Å²) in [5.74, 6) is -0.195. The fraction of sp³-hybridized carbons (Fsp3) is 0.588. The number of hydrogen-bond donors (Lipinski definition) is 2. The molecule has 1 aromatic rings. The second-order valence-corrected chi connectivity index (χ2v) is 7.85. The molecule has 5 nitrogen and oxygen atoms in total. The number of rotatable bonds is 8. The summed E-state index contributed by atoms with van der Waals surface area (Å²) in [7, 11) is -3.55. The van der Waals surface area contributed by atoms with Crippen LogP contribution < -0.4 is 10.0 Å². The number of amides is 1. The summed E-state index contributed by atoms with van der Waals surface area (Å²) in [5, 5.41) is 2.98. The third-order valence-electron chi connectivity index (χ3n) is 4.17. The van der Waals surface area contributed by atoms with Crippen molar-refractivity contribution in [1.82, 2.24) is 10.0 Å². The molecule has 0 unspecified atom stereocenters. The van der Waals surface area contributed by atoms with E-state index in [-0.39, 0.29) is 16.8 Å². The van der Waals surface area contributed by atoms with Gasteiger partial charge >= 0.3 is 0 Å². The van der Waals surface area contributed by atoms with Gasteiger partial charge in [-0.2, -0.15) is 0 Å². The monoisotopic (exact) mass is 338 g/mol. The van der Waals surface area contributed by atoms with Crippen molar-refractivity contribution in [3.05, 3.63) is 29.8 Å². The zero-order valence-electron chi connectivity index (χ0n) is 13.7. The van der Waals surface area contributed by atoms with Crippen LogP contribution in [-0.4, -0.2) is 26.9 Å². The van der Waals surface area contributed by atoms with Crippen LogP contribution in [0.3, 0.4) is 0 Å². The molecule has 1 amide bonds. The van der Waals surface area contributed by atoms with Gasteiger partial charge in [0.25, 0.3) is 5.91 Å². The van der Waals surface area contributed by atoms with Crippen LogP contribution in [-0.2, 0) is 10.0 Å². The van der Waals surface area contributed by atoms with Crippen LogP contribution in [0.1, 0.15) is 62.2 Å². The van der Waals surface area contributed by atoms with E-state index in [0.29, 0.717) is 12.1 Å². The van der Waals surface area contributed by atoms with Gasteiger partial charge in [-0.25, -0.2) is 13.1 Å². The topological polar surface area (TPSA) is 75.3 Å². The highest BCUT2D eigenvalue weighted by atomic mass is 32.2. The molecule has 23 heavy (non-hydrogen) atoms. The van der Waals surface area contributed by atoms with Gasteiger partial charge < -0.3 is 5.32 Å². The van der Waals surface area contributed by atoms with E-state index in [1.165, 1.54) is 12.1 Å². The molecule has 2 rings (SSSR count). The lowest BCUT2D eigenvalue weighted by atomic mass is 10.2. The Kier molecular flexibility index (Phi) is 6.59. The van der Waals surface area contributed by atoms with Gasteiger partial charge in [-0.05, 0) is 37.5 Å². The summed E-state index contributed by atoms with van der Waals surface area (Å²) >= 11 is 0. The van der Waals surface area contributed by atoms with Crippen molar-refractivity contribution in [2.24, 2.45) is 0 Å². The van der Waals surface area contributed by atoms with Gasteiger partial charge in [-0.1, -0.05) is 38.7 Å². The Balaban J connectivity index is 2.01. The summed E-state index contributed by atoms with van der Waals surface area (Å²) in [6.07, 6.45) is 7.13. The first-order valence-electron chi connectivity index (χ1n) is 8.43. The van der Waals surface area contributed by atoms with E-state index in [2.05, 4.69) is 17.0 Å². The average Bonchev–Trinajstić information content (AvgIpc) is 3.05. The number of benzene rings is 1. The lowest BCUT2D eigenvalue weighted by Crippen LogP contribution is -2.32. The van der Waals surface area contributed by atoms with Crippen LogP contribution in [0, 0.1) is 0 Å². The summed E-state index contributed by atoms with van der Waals surface area (Å²) in [5.41, 5.74) is 0.397. The zero-order chi connectivity index (χ0) is 16.7. The number of sulfonamides is 1. The highest BCUT2D eigenvalue weighted by molar-refractivity contribution is 7.89. The van der Waals surface area contributed by atoms with Crippen molar-refractivity contribution in [3.63, 3.8) is 0 Å². The van der Waals surface area contributed by atoms with Gasteiger partial charge in [-0.15, -0.1) is 0 Å². The highest BCUT2D eigenvalue weighted by Crippen LogP contribution is 2.18. The van der Waals surface area contributed by atoms with Crippen LogP contribution in [0.15, 0.2) is 29.2 Å². The van der Waals surface area contributed by atoms with E-state index < -0.39 is 10.0 Å². The molecule has 0 heterocycles. The molecule has 0 saturated heterocycles. The van der Waals surface area contributed by atoms with E-state index in [0.717, 1.165) is 44.9 Å². The fourth-order valence-corrected chi connectivity index (χ4v) is 3.93. The maximum Gasteiger partial charge on any atom is 0.251 e. The quantitative estimate of drug-likeness (QED) is 0.716. The molecule has 128 valence electrons. The Bertz CT molecular complexity index is 622. The summed E-state index contributed by atoms with van der Waals surface area (Å²) in [6, 6.07) is 6.46. The smallest absolute Gasteiger partial charge is 0.251 e. The van der Waals surface area contributed by atoms with Crippen molar-refractivity contribution in [3.8, 4) is 0 Å². The van der Waals surface area contributed by atoms with Gasteiger partial charge in [0.1, 0.15) is 0 Å². The van der Waals surface area contributed by atoms with Gasteiger partial charge in [0.15, 0.2) is 0 Å². The van der Waals surface area contributed by atoms with Gasteiger partial charge in [0, 0.05) is 18.2 Å². The van der Waals surface area contributed by atoms with Crippen LogP contribution in [0.5, 0.6) is 0 Å². The standard InChI is InChI=1S/C17H26N2O3S/c1-2-3-6-12-18-23(21,22)16-11-7-8-14(13-16)17(20)19-15-9-4-5-10-15/h7-8,11,13,15,18H,2-6,9-10,12H2,1H3,(H,19,20). The second-order valence-electron chi connectivity index (χ2n) is 6.09. The van der Waals surface area contributed by atoms with E-state index in [9.17, 15) is 13.2 Å². The van der Waals surface area contributed by atoms with E-state index in [1.807, 2.05) is 0 Å². The molecule has 1 aliphatic rings. The normalized spacial score (nSPS) is 15.7. The molecule has 0 aliphatic heterocycles. The average molecular weight is 338 g/mol. The molecule has 0 aromatic heterocycles. The molecule has 0 bridgehead atoms. The SMILES string of the molecule is CCCCCNS(=O)(=O)c1cccc(C(=O)NC2CCCC2)c1. The molecular formula is C17H26N2O3S. The van der Waals surface area contributed by atoms with Crippen molar-refractivity contribution < 1.29 is 13.2 Å². The molecule has 6 heteroatoms. The Morgan fingerprint density at radius 1 is 1.22 bits per heavy atom. The molecular weight excluding hydrogens is 312 g/mol. The maximum absolute atomic E-state index is 12.3. The molecule has 1 saturated carbocycles. The first kappa shape index (κ1) is 17.9. The Labute approximate surface area is 138 Å². The first-order chi connectivity index (χ1) is 11.0. The lowest BCUT2D eigenvalue weighted by Gasteiger charge is -2.13. The predicted octanol–water partition coefficient (Wildman–Crippen LogP) is 2.83. The van der Waals surface area contributed by atoms with E-state index in [1.54, 1.807) is 12.1 Å². The van der Waals surface area contributed by atoms with E-state index in [4.69, 9.17) is 0 Å². The summed E-state index contributed by atoms with van der Waals surface area (Å²) in [6.45, 7) is 2.50. The largest absolute Gasteiger partial charge is 0.349 e. The summed E-state index contributed by atoms with van der Waals surface area (Å²) in [4.78, 5) is 12.4. The molecule has 2 N–H and O–H groups in total. The molecule has 0 radical (unpaired) electrons. The summed E-state index contributed by atoms with van der Waals surface area (Å²) < 4.78 is 27.1. The Morgan fingerprint density at radius 2 is 1.96 bits per heavy atom. The predicted molar refractivity (Wildman–Crippen MR) is 90.9 cm³/mol. The van der Waals surface area contributed by atoms with Crippen LogP contribution in [0.2, 0.25) is 0 Å². The van der Waals surface area contributed by atoms with Crippen LogP contribution in [0.4, 0.5) is 0 Å². The maximum atomic E-state index is 12.3. The molecule has 1 aromatic carbocycles. The fourth-order valence-electron chi connectivity index (χ4n) is 2.81. The highest BCUT2D eigenvalue weighted by Gasteiger charge is 2.20. The number of nitrogens with one attached hydrogen (secondary N) is 2. The molecule has 0 atom stereocenters. The van der Waals surface area contributed by atoms with E-state index >= 15 is 0 Å². The lowest BCUT2D eigenvalue weighted by molar-refractivity contribution is 0.0937. The van der Waals surface area contributed by atoms with Crippen molar-refractivity contribution in [2.75, 3.05) is 6.54 Å². The third-order valence-corrected chi connectivity index (χ3v) is 5.63. The second kappa shape index (κ2) is 8.45. The van der Waals surface area contributed by atoms with Gasteiger partial charge in [0.2, 0.25) is 10.0 Å².